The molecule has 0 aliphatic carbocycles. The second-order valence-electron chi connectivity index (χ2n) is 3.87. The number of carbonyl (C=O) groups is 1. The Labute approximate surface area is 115 Å². The molecule has 1 atom stereocenters. The lowest BCUT2D eigenvalue weighted by molar-refractivity contribution is 0.0558. The van der Waals surface area contributed by atoms with Gasteiger partial charge in [0.15, 0.2) is 0 Å². The number of carbonyl (C=O) groups excluding carboxylic acids is 1. The maximum Gasteiger partial charge on any atom is 0.373 e. The molecule has 1 heterocycles. The number of thioether (sulfide) groups is 1. The summed E-state index contributed by atoms with van der Waals surface area (Å²) in [6.45, 7) is 0. The Balaban J connectivity index is 2.20. The molecule has 4 nitrogen and oxygen atoms in total. The molecule has 0 radical (unpaired) electrons. The van der Waals surface area contributed by atoms with E-state index in [1.165, 1.54) is 13.2 Å². The second-order valence-corrected chi connectivity index (χ2v) is 4.75. The summed E-state index contributed by atoms with van der Waals surface area (Å²) in [5.74, 6) is -0.161. The zero-order valence-electron chi connectivity index (χ0n) is 10.6. The normalized spacial score (nSPS) is 12.2. The number of hydrogen-bond donors (Lipinski definition) is 1. The highest BCUT2D eigenvalue weighted by Crippen LogP contribution is 2.25. The molecule has 0 saturated heterocycles. The van der Waals surface area contributed by atoms with Crippen LogP contribution in [0.2, 0.25) is 0 Å². The Bertz CT molecular complexity index is 559. The number of furan rings is 1. The molecule has 0 bridgehead atoms. The number of benzene rings is 1. The van der Waals surface area contributed by atoms with Gasteiger partial charge in [-0.25, -0.2) is 4.79 Å². The number of aliphatic hydroxyl groups excluding tert-OH is 1. The molecule has 100 valence electrons. The molecule has 0 amide bonds. The van der Waals surface area contributed by atoms with Crippen molar-refractivity contribution < 1.29 is 19.1 Å². The van der Waals surface area contributed by atoms with E-state index in [-0.39, 0.29) is 5.76 Å². The van der Waals surface area contributed by atoms with E-state index in [4.69, 9.17) is 4.42 Å². The van der Waals surface area contributed by atoms with E-state index < -0.39 is 12.1 Å². The van der Waals surface area contributed by atoms with Gasteiger partial charge in [0, 0.05) is 4.90 Å². The van der Waals surface area contributed by atoms with Gasteiger partial charge in [0.25, 0.3) is 0 Å². The summed E-state index contributed by atoms with van der Waals surface area (Å²) in [6, 6.07) is 10.6. The maximum atomic E-state index is 11.3. The molecule has 0 aliphatic heterocycles. The lowest BCUT2D eigenvalue weighted by Gasteiger charge is -2.08. The highest BCUT2D eigenvalue weighted by atomic mass is 32.2. The van der Waals surface area contributed by atoms with Crippen molar-refractivity contribution in [2.24, 2.45) is 0 Å². The van der Waals surface area contributed by atoms with Gasteiger partial charge in [-0.1, -0.05) is 12.1 Å². The van der Waals surface area contributed by atoms with Crippen molar-refractivity contribution in [2.45, 2.75) is 11.0 Å². The van der Waals surface area contributed by atoms with Crippen LogP contribution in [-0.4, -0.2) is 24.4 Å². The molecule has 2 aromatic rings. The first kappa shape index (κ1) is 13.7. The zero-order chi connectivity index (χ0) is 13.8. The maximum absolute atomic E-state index is 11.3. The van der Waals surface area contributed by atoms with E-state index >= 15 is 0 Å². The molecule has 0 saturated carbocycles. The molecule has 1 aromatic carbocycles. The molecular formula is C14H14O4S. The van der Waals surface area contributed by atoms with Crippen LogP contribution in [0.25, 0.3) is 0 Å². The summed E-state index contributed by atoms with van der Waals surface area (Å²) in [4.78, 5) is 12.4. The predicted molar refractivity (Wildman–Crippen MR) is 72.3 cm³/mol. The van der Waals surface area contributed by atoms with Crippen molar-refractivity contribution in [2.75, 3.05) is 13.4 Å². The fourth-order valence-corrected chi connectivity index (χ4v) is 2.07. The standard InChI is InChI=1S/C14H14O4S/c1-17-14(16)12-8-7-11(18-12)13(15)9-3-5-10(19-2)6-4-9/h3-8,13,15H,1-2H3. The molecule has 1 N–H and O–H groups in total. The number of esters is 1. The van der Waals surface area contributed by atoms with Gasteiger partial charge in [0.1, 0.15) is 11.9 Å². The van der Waals surface area contributed by atoms with Crippen LogP contribution in [0.15, 0.2) is 45.7 Å². The minimum Gasteiger partial charge on any atom is -0.463 e. The third-order valence-corrected chi connectivity index (χ3v) is 3.46. The Hall–Kier alpha value is -1.72. The largest absolute Gasteiger partial charge is 0.463 e. The Kier molecular flexibility index (Phi) is 4.29. The van der Waals surface area contributed by atoms with Crippen LogP contribution in [0.3, 0.4) is 0 Å². The van der Waals surface area contributed by atoms with E-state index in [1.54, 1.807) is 17.8 Å². The molecular weight excluding hydrogens is 264 g/mol. The summed E-state index contributed by atoms with van der Waals surface area (Å²) >= 11 is 1.63. The van der Waals surface area contributed by atoms with Crippen molar-refractivity contribution in [3.63, 3.8) is 0 Å². The summed E-state index contributed by atoms with van der Waals surface area (Å²) in [5.41, 5.74) is 0.712. The van der Waals surface area contributed by atoms with E-state index in [2.05, 4.69) is 4.74 Å². The molecule has 1 aromatic heterocycles. The van der Waals surface area contributed by atoms with Crippen molar-refractivity contribution in [3.05, 3.63) is 53.5 Å². The summed E-state index contributed by atoms with van der Waals surface area (Å²) in [6.07, 6.45) is 1.09. The number of aliphatic hydroxyl groups is 1. The molecule has 0 fully saturated rings. The lowest BCUT2D eigenvalue weighted by Crippen LogP contribution is -2.00. The smallest absolute Gasteiger partial charge is 0.373 e. The number of ether oxygens (including phenoxy) is 1. The van der Waals surface area contributed by atoms with Gasteiger partial charge in [-0.15, -0.1) is 11.8 Å². The molecule has 2 rings (SSSR count). The Morgan fingerprint density at radius 1 is 1.26 bits per heavy atom. The highest BCUT2D eigenvalue weighted by molar-refractivity contribution is 7.98. The first-order valence-electron chi connectivity index (χ1n) is 5.65. The van der Waals surface area contributed by atoms with Crippen molar-refractivity contribution in [3.8, 4) is 0 Å². The number of methoxy groups -OCH3 is 1. The van der Waals surface area contributed by atoms with Crippen LogP contribution in [0, 0.1) is 0 Å². The average molecular weight is 278 g/mol. The lowest BCUT2D eigenvalue weighted by atomic mass is 10.1. The minimum absolute atomic E-state index is 0.0808. The van der Waals surface area contributed by atoms with Crippen LogP contribution in [0.5, 0.6) is 0 Å². The predicted octanol–water partition coefficient (Wildman–Crippen LogP) is 2.87. The van der Waals surface area contributed by atoms with E-state index in [1.807, 2.05) is 30.5 Å². The quantitative estimate of drug-likeness (QED) is 0.688. The van der Waals surface area contributed by atoms with Gasteiger partial charge >= 0.3 is 5.97 Å². The van der Waals surface area contributed by atoms with Crippen molar-refractivity contribution in [1.29, 1.82) is 0 Å². The van der Waals surface area contributed by atoms with Gasteiger partial charge in [-0.2, -0.15) is 0 Å². The van der Waals surface area contributed by atoms with E-state index in [0.29, 0.717) is 11.3 Å². The molecule has 19 heavy (non-hydrogen) atoms. The van der Waals surface area contributed by atoms with Gasteiger partial charge in [0.2, 0.25) is 5.76 Å². The van der Waals surface area contributed by atoms with Crippen LogP contribution < -0.4 is 0 Å². The monoisotopic (exact) mass is 278 g/mol. The Morgan fingerprint density at radius 3 is 2.53 bits per heavy atom. The number of hydrogen-bond acceptors (Lipinski definition) is 5. The van der Waals surface area contributed by atoms with Gasteiger partial charge < -0.3 is 14.3 Å². The zero-order valence-corrected chi connectivity index (χ0v) is 11.4. The minimum atomic E-state index is -0.894. The van der Waals surface area contributed by atoms with Crippen molar-refractivity contribution >= 4 is 17.7 Å². The highest BCUT2D eigenvalue weighted by Gasteiger charge is 2.18. The first-order chi connectivity index (χ1) is 9.15. The fraction of sp³-hybridized carbons (Fsp3) is 0.214. The average Bonchev–Trinajstić information content (AvgIpc) is 2.95. The SMILES string of the molecule is COC(=O)c1ccc(C(O)c2ccc(SC)cc2)o1. The summed E-state index contributed by atoms with van der Waals surface area (Å²) < 4.78 is 9.83. The topological polar surface area (TPSA) is 59.7 Å². The van der Waals surface area contributed by atoms with Crippen molar-refractivity contribution in [1.82, 2.24) is 0 Å². The van der Waals surface area contributed by atoms with Gasteiger partial charge in [-0.3, -0.25) is 0 Å². The van der Waals surface area contributed by atoms with Gasteiger partial charge in [-0.05, 0) is 36.1 Å². The second kappa shape index (κ2) is 5.95. The fourth-order valence-electron chi connectivity index (χ4n) is 1.66. The first-order valence-corrected chi connectivity index (χ1v) is 6.88. The molecule has 5 heteroatoms. The Morgan fingerprint density at radius 2 is 1.95 bits per heavy atom. The third-order valence-electron chi connectivity index (χ3n) is 2.71. The van der Waals surface area contributed by atoms with Crippen LogP contribution in [-0.2, 0) is 4.74 Å². The van der Waals surface area contributed by atoms with Gasteiger partial charge in [0.05, 0.1) is 7.11 Å². The molecule has 1 unspecified atom stereocenters. The van der Waals surface area contributed by atoms with E-state index in [9.17, 15) is 9.90 Å². The third kappa shape index (κ3) is 3.00. The van der Waals surface area contributed by atoms with Crippen LogP contribution in [0.4, 0.5) is 0 Å². The molecule has 0 aliphatic rings. The summed E-state index contributed by atoms with van der Waals surface area (Å²) in [7, 11) is 1.28. The number of rotatable bonds is 4. The van der Waals surface area contributed by atoms with E-state index in [0.717, 1.165) is 4.90 Å². The summed E-state index contributed by atoms with van der Waals surface area (Å²) in [5, 5.41) is 10.2. The molecule has 0 spiro atoms. The van der Waals surface area contributed by atoms with Crippen LogP contribution >= 0.6 is 11.8 Å². The van der Waals surface area contributed by atoms with Crippen LogP contribution in [0.1, 0.15) is 28.0 Å².